The summed E-state index contributed by atoms with van der Waals surface area (Å²) in [6.45, 7) is 4.85. The minimum Gasteiger partial charge on any atom is -0.497 e. The number of ether oxygens (including phenoxy) is 3. The molecule has 0 fully saturated rings. The molecule has 0 spiro atoms. The van der Waals surface area contributed by atoms with Crippen molar-refractivity contribution >= 4 is 5.91 Å². The van der Waals surface area contributed by atoms with Crippen LogP contribution in [-0.2, 0) is 29.0 Å². The number of amides is 1. The second kappa shape index (κ2) is 8.70. The summed E-state index contributed by atoms with van der Waals surface area (Å²) in [4.78, 5) is 13.0. The molecular weight excluding hydrogens is 365 g/mol. The average molecular weight is 391 g/mol. The van der Waals surface area contributed by atoms with Gasteiger partial charge in [0.15, 0.2) is 0 Å². The van der Waals surface area contributed by atoms with Crippen LogP contribution in [0.5, 0.6) is 5.75 Å². The molecule has 3 rings (SSSR count). The normalized spacial score (nSPS) is 18.6. The highest BCUT2D eigenvalue weighted by atomic mass is 19.1. The molecule has 2 atom stereocenters. The number of aromatic nitrogens is 2. The molecule has 0 bridgehead atoms. The summed E-state index contributed by atoms with van der Waals surface area (Å²) in [5.74, 6) is -0.283. The fraction of sp³-hybridized carbons (Fsp3) is 0.500. The van der Waals surface area contributed by atoms with Crippen LogP contribution >= 0.6 is 0 Å². The van der Waals surface area contributed by atoms with Crippen LogP contribution in [0.2, 0.25) is 0 Å². The van der Waals surface area contributed by atoms with Crippen molar-refractivity contribution in [1.82, 2.24) is 15.1 Å². The first kappa shape index (κ1) is 20.3. The third-order valence-corrected chi connectivity index (χ3v) is 4.82. The van der Waals surface area contributed by atoms with Crippen molar-refractivity contribution in [3.63, 3.8) is 0 Å². The molecule has 2 heterocycles. The van der Waals surface area contributed by atoms with Crippen molar-refractivity contribution in [3.05, 3.63) is 46.5 Å². The topological polar surface area (TPSA) is 74.6 Å². The van der Waals surface area contributed by atoms with Gasteiger partial charge in [-0.05, 0) is 19.9 Å². The predicted molar refractivity (Wildman–Crippen MR) is 101 cm³/mol. The number of carbonyl (C=O) groups excluding carboxylic acids is 1. The maximum absolute atomic E-state index is 14.2. The minimum absolute atomic E-state index is 0.00634. The van der Waals surface area contributed by atoms with E-state index in [1.54, 1.807) is 23.9 Å². The lowest BCUT2D eigenvalue weighted by atomic mass is 9.99. The number of methoxy groups -OCH3 is 2. The molecule has 0 unspecified atom stereocenters. The Morgan fingerprint density at radius 3 is 2.86 bits per heavy atom. The molecule has 0 radical (unpaired) electrons. The van der Waals surface area contributed by atoms with Gasteiger partial charge >= 0.3 is 0 Å². The second-order valence-electron chi connectivity index (χ2n) is 6.86. The highest BCUT2D eigenvalue weighted by Gasteiger charge is 2.32. The smallest absolute Gasteiger partial charge is 0.270 e. The molecule has 28 heavy (non-hydrogen) atoms. The van der Waals surface area contributed by atoms with Crippen LogP contribution < -0.4 is 10.1 Å². The van der Waals surface area contributed by atoms with Crippen LogP contribution in [0.3, 0.4) is 0 Å². The highest BCUT2D eigenvalue weighted by Crippen LogP contribution is 2.31. The maximum Gasteiger partial charge on any atom is 0.270 e. The van der Waals surface area contributed by atoms with Gasteiger partial charge in [-0.3, -0.25) is 9.48 Å². The first-order valence-corrected chi connectivity index (χ1v) is 9.29. The van der Waals surface area contributed by atoms with E-state index in [4.69, 9.17) is 14.2 Å². The Hall–Kier alpha value is -2.45. The van der Waals surface area contributed by atoms with Crippen molar-refractivity contribution in [1.29, 1.82) is 0 Å². The lowest BCUT2D eigenvalue weighted by molar-refractivity contribution is -0.00716. The second-order valence-corrected chi connectivity index (χ2v) is 6.86. The SMILES string of the molecule is COCCn1nc2c(c1C(=O)NCc1ccc(OC)cc1F)C[C@H](C)O[C@@H]2C. The number of carbonyl (C=O) groups is 1. The molecule has 2 aromatic rings. The zero-order chi connectivity index (χ0) is 20.3. The van der Waals surface area contributed by atoms with Gasteiger partial charge < -0.3 is 19.5 Å². The minimum atomic E-state index is -0.426. The lowest BCUT2D eigenvalue weighted by Crippen LogP contribution is -2.29. The molecule has 1 amide bonds. The number of rotatable bonds is 7. The maximum atomic E-state index is 14.2. The van der Waals surface area contributed by atoms with Crippen molar-refractivity contribution < 1.29 is 23.4 Å². The molecule has 1 aliphatic rings. The number of halogens is 1. The van der Waals surface area contributed by atoms with Gasteiger partial charge in [-0.1, -0.05) is 6.07 Å². The molecule has 1 aliphatic heterocycles. The van der Waals surface area contributed by atoms with E-state index in [0.717, 1.165) is 11.3 Å². The summed E-state index contributed by atoms with van der Waals surface area (Å²) >= 11 is 0. The number of nitrogens with zero attached hydrogens (tertiary/aromatic N) is 2. The van der Waals surface area contributed by atoms with Gasteiger partial charge in [0.25, 0.3) is 5.91 Å². The van der Waals surface area contributed by atoms with Crippen LogP contribution in [0.1, 0.15) is 47.3 Å². The Kier molecular flexibility index (Phi) is 6.31. The van der Waals surface area contributed by atoms with Gasteiger partial charge in [0.05, 0.1) is 38.2 Å². The van der Waals surface area contributed by atoms with Crippen molar-refractivity contribution in [3.8, 4) is 5.75 Å². The van der Waals surface area contributed by atoms with Crippen LogP contribution in [0.25, 0.3) is 0 Å². The van der Waals surface area contributed by atoms with Gasteiger partial charge in [0.1, 0.15) is 17.3 Å². The Morgan fingerprint density at radius 1 is 1.39 bits per heavy atom. The number of fused-ring (bicyclic) bond motifs is 1. The van der Waals surface area contributed by atoms with Gasteiger partial charge in [-0.25, -0.2) is 4.39 Å². The Balaban J connectivity index is 1.84. The van der Waals surface area contributed by atoms with Gasteiger partial charge in [-0.15, -0.1) is 0 Å². The van der Waals surface area contributed by atoms with Crippen LogP contribution in [0, 0.1) is 5.82 Å². The van der Waals surface area contributed by atoms with Gasteiger partial charge in [0.2, 0.25) is 0 Å². The fourth-order valence-corrected chi connectivity index (χ4v) is 3.45. The van der Waals surface area contributed by atoms with E-state index >= 15 is 0 Å². The molecule has 0 saturated heterocycles. The summed E-state index contributed by atoms with van der Waals surface area (Å²) in [7, 11) is 3.08. The molecule has 1 aromatic heterocycles. The fourth-order valence-electron chi connectivity index (χ4n) is 3.45. The van der Waals surface area contributed by atoms with E-state index < -0.39 is 5.82 Å². The number of nitrogens with one attached hydrogen (secondary N) is 1. The lowest BCUT2D eigenvalue weighted by Gasteiger charge is -2.24. The van der Waals surface area contributed by atoms with E-state index in [1.165, 1.54) is 13.2 Å². The predicted octanol–water partition coefficient (Wildman–Crippen LogP) is 2.63. The quantitative estimate of drug-likeness (QED) is 0.785. The molecular formula is C20H26FN3O4. The molecule has 1 aromatic carbocycles. The molecule has 7 nitrogen and oxygen atoms in total. The first-order chi connectivity index (χ1) is 13.4. The van der Waals surface area contributed by atoms with E-state index in [9.17, 15) is 9.18 Å². The molecule has 8 heteroatoms. The number of benzene rings is 1. The van der Waals surface area contributed by atoms with Gasteiger partial charge in [-0.2, -0.15) is 5.10 Å². The van der Waals surface area contributed by atoms with E-state index in [1.807, 2.05) is 13.8 Å². The molecule has 0 aliphatic carbocycles. The number of hydrogen-bond acceptors (Lipinski definition) is 5. The van der Waals surface area contributed by atoms with Crippen LogP contribution in [0.4, 0.5) is 4.39 Å². The third kappa shape index (κ3) is 4.18. The van der Waals surface area contributed by atoms with Gasteiger partial charge in [0, 0.05) is 37.3 Å². The highest BCUT2D eigenvalue weighted by molar-refractivity contribution is 5.94. The summed E-state index contributed by atoms with van der Waals surface area (Å²) in [6, 6.07) is 4.56. The number of hydrogen-bond donors (Lipinski definition) is 1. The Bertz CT molecular complexity index is 852. The molecule has 1 N–H and O–H groups in total. The summed E-state index contributed by atoms with van der Waals surface area (Å²) in [5, 5.41) is 7.39. The van der Waals surface area contributed by atoms with E-state index in [-0.39, 0.29) is 24.7 Å². The summed E-state index contributed by atoms with van der Waals surface area (Å²) in [5.41, 5.74) is 2.53. The zero-order valence-corrected chi connectivity index (χ0v) is 16.6. The largest absolute Gasteiger partial charge is 0.497 e. The monoisotopic (exact) mass is 391 g/mol. The van der Waals surface area contributed by atoms with E-state index in [0.29, 0.717) is 36.6 Å². The molecule has 0 saturated carbocycles. The first-order valence-electron chi connectivity index (χ1n) is 9.29. The average Bonchev–Trinajstić information content (AvgIpc) is 3.03. The van der Waals surface area contributed by atoms with Crippen LogP contribution in [-0.4, -0.2) is 42.6 Å². The van der Waals surface area contributed by atoms with Crippen molar-refractivity contribution in [2.75, 3.05) is 20.8 Å². The summed E-state index contributed by atoms with van der Waals surface area (Å²) in [6.07, 6.45) is 0.410. The molecule has 152 valence electrons. The standard InChI is InChI=1S/C20H26FN3O4/c1-12-9-16-18(13(2)28-12)23-24(7-8-26-3)19(16)20(25)22-11-14-5-6-15(27-4)10-17(14)21/h5-6,10,12-13H,7-9,11H2,1-4H3,(H,22,25)/t12-,13+/m0/s1. The third-order valence-electron chi connectivity index (χ3n) is 4.82. The van der Waals surface area contributed by atoms with Crippen LogP contribution in [0.15, 0.2) is 18.2 Å². The Labute approximate surface area is 163 Å². The Morgan fingerprint density at radius 2 is 2.18 bits per heavy atom. The van der Waals surface area contributed by atoms with Crippen molar-refractivity contribution in [2.45, 2.75) is 45.6 Å². The van der Waals surface area contributed by atoms with E-state index in [2.05, 4.69) is 10.4 Å². The summed E-state index contributed by atoms with van der Waals surface area (Å²) < 4.78 is 31.8. The zero-order valence-electron chi connectivity index (χ0n) is 16.6. The van der Waals surface area contributed by atoms with Crippen molar-refractivity contribution in [2.24, 2.45) is 0 Å².